The van der Waals surface area contributed by atoms with Crippen molar-refractivity contribution in [2.45, 2.75) is 51.5 Å². The van der Waals surface area contributed by atoms with Gasteiger partial charge in [0.1, 0.15) is 0 Å². The second-order valence-corrected chi connectivity index (χ2v) is 6.51. The summed E-state index contributed by atoms with van der Waals surface area (Å²) in [6.07, 6.45) is 7.03. The van der Waals surface area contributed by atoms with Crippen LogP contribution in [0.1, 0.15) is 44.6 Å². The molecule has 1 amide bonds. The van der Waals surface area contributed by atoms with Crippen LogP contribution < -0.4 is 11.1 Å². The minimum atomic E-state index is -0.447. The highest BCUT2D eigenvalue weighted by molar-refractivity contribution is 5.85. The van der Waals surface area contributed by atoms with Gasteiger partial charge in [0, 0.05) is 6.54 Å². The maximum atomic E-state index is 12.0. The van der Waals surface area contributed by atoms with Gasteiger partial charge in [0.25, 0.3) is 0 Å². The molecule has 0 aromatic heterocycles. The average molecular weight is 325 g/mol. The largest absolute Gasteiger partial charge is 0.355 e. The zero-order chi connectivity index (χ0) is 15.1. The molecule has 0 heterocycles. The van der Waals surface area contributed by atoms with Crippen molar-refractivity contribution >= 4 is 18.3 Å². The third kappa shape index (κ3) is 6.37. The van der Waals surface area contributed by atoms with Gasteiger partial charge >= 0.3 is 0 Å². The van der Waals surface area contributed by atoms with Crippen LogP contribution >= 0.6 is 12.4 Å². The van der Waals surface area contributed by atoms with E-state index in [-0.39, 0.29) is 18.3 Å². The van der Waals surface area contributed by atoms with Gasteiger partial charge in [-0.1, -0.05) is 56.5 Å². The highest BCUT2D eigenvalue weighted by Gasteiger charge is 2.19. The van der Waals surface area contributed by atoms with Crippen LogP contribution in [0, 0.1) is 11.8 Å². The lowest BCUT2D eigenvalue weighted by Crippen LogP contribution is -2.42. The number of halogens is 1. The molecule has 22 heavy (non-hydrogen) atoms. The molecule has 1 aromatic carbocycles. The SMILES string of the molecule is CC1CCCC(CCNC(=O)[C@@H](N)Cc2ccccc2)C1.Cl. The molecule has 0 aliphatic heterocycles. The molecular weight excluding hydrogens is 296 g/mol. The number of carbonyl (C=O) groups excluding carboxylic acids is 1. The van der Waals surface area contributed by atoms with Crippen LogP contribution in [0.3, 0.4) is 0 Å². The fraction of sp³-hybridized carbons (Fsp3) is 0.611. The molecule has 124 valence electrons. The Labute approximate surface area is 140 Å². The highest BCUT2D eigenvalue weighted by atomic mass is 35.5. The van der Waals surface area contributed by atoms with Gasteiger partial charge in [-0.3, -0.25) is 4.79 Å². The van der Waals surface area contributed by atoms with Crippen LogP contribution in [-0.2, 0) is 11.2 Å². The number of benzene rings is 1. The Kier molecular flexibility index (Phi) is 8.51. The van der Waals surface area contributed by atoms with E-state index in [4.69, 9.17) is 5.73 Å². The second kappa shape index (κ2) is 9.86. The van der Waals surface area contributed by atoms with Crippen molar-refractivity contribution in [2.24, 2.45) is 17.6 Å². The molecule has 4 heteroatoms. The number of nitrogens with one attached hydrogen (secondary N) is 1. The standard InChI is InChI=1S/C18H28N2O.ClH/c1-14-6-5-9-16(12-14)10-11-20-18(21)17(19)13-15-7-3-2-4-8-15;/h2-4,7-8,14,16-17H,5-6,9-13,19H2,1H3,(H,20,21);1H/t14?,16?,17-;/m0./s1. The van der Waals surface area contributed by atoms with Gasteiger partial charge in [-0.05, 0) is 36.7 Å². The van der Waals surface area contributed by atoms with Crippen molar-refractivity contribution in [2.75, 3.05) is 6.54 Å². The van der Waals surface area contributed by atoms with E-state index in [1.807, 2.05) is 30.3 Å². The molecule has 0 saturated heterocycles. The molecular formula is C18H29ClN2O. The van der Waals surface area contributed by atoms with E-state index < -0.39 is 6.04 Å². The van der Waals surface area contributed by atoms with Crippen LogP contribution in [0.4, 0.5) is 0 Å². The first-order valence-electron chi connectivity index (χ1n) is 8.22. The van der Waals surface area contributed by atoms with E-state index in [1.165, 1.54) is 25.7 Å². The molecule has 0 radical (unpaired) electrons. The minimum Gasteiger partial charge on any atom is -0.355 e. The van der Waals surface area contributed by atoms with Gasteiger partial charge in [0.05, 0.1) is 6.04 Å². The van der Waals surface area contributed by atoms with Crippen LogP contribution in [0.5, 0.6) is 0 Å². The number of hydrogen-bond donors (Lipinski definition) is 2. The first kappa shape index (κ1) is 19.0. The molecule has 1 saturated carbocycles. The molecule has 2 unspecified atom stereocenters. The zero-order valence-corrected chi connectivity index (χ0v) is 14.3. The lowest BCUT2D eigenvalue weighted by atomic mass is 9.81. The summed E-state index contributed by atoms with van der Waals surface area (Å²) < 4.78 is 0. The summed E-state index contributed by atoms with van der Waals surface area (Å²) in [5.74, 6) is 1.60. The predicted octanol–water partition coefficient (Wildman–Crippen LogP) is 3.31. The van der Waals surface area contributed by atoms with E-state index in [0.717, 1.165) is 30.4 Å². The quantitative estimate of drug-likeness (QED) is 0.843. The molecule has 0 spiro atoms. The van der Waals surface area contributed by atoms with Gasteiger partial charge in [-0.25, -0.2) is 0 Å². The number of amides is 1. The highest BCUT2D eigenvalue weighted by Crippen LogP contribution is 2.30. The molecule has 3 atom stereocenters. The van der Waals surface area contributed by atoms with Gasteiger partial charge in [0.2, 0.25) is 5.91 Å². The fourth-order valence-electron chi connectivity index (χ4n) is 3.31. The average Bonchev–Trinajstić information content (AvgIpc) is 2.48. The lowest BCUT2D eigenvalue weighted by Gasteiger charge is -2.26. The number of carbonyl (C=O) groups is 1. The monoisotopic (exact) mass is 324 g/mol. The topological polar surface area (TPSA) is 55.1 Å². The predicted molar refractivity (Wildman–Crippen MR) is 94.1 cm³/mol. The Morgan fingerprint density at radius 2 is 2.05 bits per heavy atom. The lowest BCUT2D eigenvalue weighted by molar-refractivity contribution is -0.122. The zero-order valence-electron chi connectivity index (χ0n) is 13.5. The van der Waals surface area contributed by atoms with E-state index in [9.17, 15) is 4.79 Å². The maximum absolute atomic E-state index is 12.0. The van der Waals surface area contributed by atoms with E-state index in [1.54, 1.807) is 0 Å². The first-order valence-corrected chi connectivity index (χ1v) is 8.22. The van der Waals surface area contributed by atoms with E-state index >= 15 is 0 Å². The maximum Gasteiger partial charge on any atom is 0.237 e. The molecule has 3 N–H and O–H groups in total. The summed E-state index contributed by atoms with van der Waals surface area (Å²) in [6, 6.07) is 9.50. The van der Waals surface area contributed by atoms with Gasteiger partial charge < -0.3 is 11.1 Å². The summed E-state index contributed by atoms with van der Waals surface area (Å²) in [5.41, 5.74) is 7.09. The van der Waals surface area contributed by atoms with Crippen LogP contribution in [-0.4, -0.2) is 18.5 Å². The van der Waals surface area contributed by atoms with Crippen molar-refractivity contribution < 1.29 is 4.79 Å². The second-order valence-electron chi connectivity index (χ2n) is 6.51. The molecule has 2 rings (SSSR count). The summed E-state index contributed by atoms with van der Waals surface area (Å²) in [4.78, 5) is 12.0. The Bertz CT molecular complexity index is 438. The molecule has 1 aliphatic carbocycles. The molecule has 3 nitrogen and oxygen atoms in total. The minimum absolute atomic E-state index is 0. The van der Waals surface area contributed by atoms with E-state index in [0.29, 0.717) is 6.42 Å². The summed E-state index contributed by atoms with van der Waals surface area (Å²) in [7, 11) is 0. The molecule has 1 fully saturated rings. The first-order chi connectivity index (χ1) is 10.1. The molecule has 0 bridgehead atoms. The van der Waals surface area contributed by atoms with Crippen LogP contribution in [0.15, 0.2) is 30.3 Å². The summed E-state index contributed by atoms with van der Waals surface area (Å²) in [6.45, 7) is 3.10. The van der Waals surface area contributed by atoms with E-state index in [2.05, 4.69) is 12.2 Å². The van der Waals surface area contributed by atoms with Gasteiger partial charge in [-0.2, -0.15) is 0 Å². The Hall–Kier alpha value is -1.06. The van der Waals surface area contributed by atoms with Crippen molar-refractivity contribution in [1.29, 1.82) is 0 Å². The van der Waals surface area contributed by atoms with Crippen LogP contribution in [0.2, 0.25) is 0 Å². The smallest absolute Gasteiger partial charge is 0.237 e. The Morgan fingerprint density at radius 3 is 2.73 bits per heavy atom. The van der Waals surface area contributed by atoms with Crippen molar-refractivity contribution in [3.8, 4) is 0 Å². The normalized spacial score (nSPS) is 22.5. The van der Waals surface area contributed by atoms with Gasteiger partial charge in [-0.15, -0.1) is 12.4 Å². The molecule has 1 aliphatic rings. The van der Waals surface area contributed by atoms with Crippen molar-refractivity contribution in [3.63, 3.8) is 0 Å². The fourth-order valence-corrected chi connectivity index (χ4v) is 3.31. The molecule has 1 aromatic rings. The number of rotatable bonds is 6. The van der Waals surface area contributed by atoms with Crippen molar-refractivity contribution in [1.82, 2.24) is 5.32 Å². The Morgan fingerprint density at radius 1 is 1.32 bits per heavy atom. The van der Waals surface area contributed by atoms with Crippen LogP contribution in [0.25, 0.3) is 0 Å². The third-order valence-electron chi connectivity index (χ3n) is 4.53. The number of nitrogens with two attached hydrogens (primary N) is 1. The van der Waals surface area contributed by atoms with Crippen molar-refractivity contribution in [3.05, 3.63) is 35.9 Å². The summed E-state index contributed by atoms with van der Waals surface area (Å²) in [5, 5.41) is 3.00. The third-order valence-corrected chi connectivity index (χ3v) is 4.53. The number of hydrogen-bond acceptors (Lipinski definition) is 2. The Balaban J connectivity index is 0.00000242. The van der Waals surface area contributed by atoms with Gasteiger partial charge in [0.15, 0.2) is 0 Å². The summed E-state index contributed by atoms with van der Waals surface area (Å²) >= 11 is 0.